The molecule has 5 atom stereocenters. The van der Waals surface area contributed by atoms with Crippen LogP contribution in [0.2, 0.25) is 0 Å². The lowest BCUT2D eigenvalue weighted by Gasteiger charge is -2.45. The summed E-state index contributed by atoms with van der Waals surface area (Å²) < 4.78 is 0. The highest BCUT2D eigenvalue weighted by atomic mass is 32.1. The molecule has 1 unspecified atom stereocenters. The van der Waals surface area contributed by atoms with Crippen LogP contribution in [0.1, 0.15) is 75.5 Å². The van der Waals surface area contributed by atoms with Crippen molar-refractivity contribution in [3.63, 3.8) is 0 Å². The van der Waals surface area contributed by atoms with E-state index in [1.54, 1.807) is 11.3 Å². The number of nitrogens with zero attached hydrogens (tertiary/aromatic N) is 1. The quantitative estimate of drug-likeness (QED) is 0.309. The molecule has 6 heteroatoms. The summed E-state index contributed by atoms with van der Waals surface area (Å²) in [6.07, 6.45) is 12.0. The molecule has 0 saturated heterocycles. The number of nitriles is 1. The molecule has 0 aromatic carbocycles. The second-order valence-electron chi connectivity index (χ2n) is 9.29. The minimum absolute atomic E-state index is 0.0463. The number of aliphatic hydroxyl groups excluding tert-OH is 2. The highest BCUT2D eigenvalue weighted by molar-refractivity contribution is 7.10. The Morgan fingerprint density at radius 1 is 1.32 bits per heavy atom. The molecule has 0 radical (unpaired) electrons. The molecular weight excluding hydrogens is 410 g/mol. The fourth-order valence-corrected chi connectivity index (χ4v) is 6.46. The van der Waals surface area contributed by atoms with E-state index in [4.69, 9.17) is 5.11 Å². The molecule has 1 aromatic rings. The third-order valence-electron chi connectivity index (χ3n) is 7.41. The minimum atomic E-state index is -0.751. The van der Waals surface area contributed by atoms with Gasteiger partial charge in [-0.05, 0) is 55.9 Å². The van der Waals surface area contributed by atoms with Gasteiger partial charge >= 0.3 is 5.97 Å². The SMILES string of the molecule is N#C[C@@H]1C[C@@H](O)[C@H](C=CCC(O)C2(c3cccs3)CCC2)[C@H]1CCCCCCC(=O)O. The first kappa shape index (κ1) is 24.0. The molecule has 1 heterocycles. The normalized spacial score (nSPS) is 28.3. The van der Waals surface area contributed by atoms with E-state index >= 15 is 0 Å². The number of carboxylic acid groups (broad SMARTS) is 1. The first-order valence-electron chi connectivity index (χ1n) is 11.7. The number of aliphatic hydroxyl groups is 2. The Hall–Kier alpha value is -1.68. The van der Waals surface area contributed by atoms with Crippen molar-refractivity contribution in [3.8, 4) is 6.07 Å². The van der Waals surface area contributed by atoms with E-state index in [1.807, 2.05) is 18.2 Å². The molecule has 2 aliphatic rings. The number of carbonyl (C=O) groups is 1. The molecule has 2 saturated carbocycles. The molecule has 0 spiro atoms. The van der Waals surface area contributed by atoms with Gasteiger partial charge in [0.15, 0.2) is 0 Å². The van der Waals surface area contributed by atoms with E-state index < -0.39 is 18.2 Å². The van der Waals surface area contributed by atoms with Gasteiger partial charge in [-0.25, -0.2) is 0 Å². The maximum Gasteiger partial charge on any atom is 0.303 e. The lowest BCUT2D eigenvalue weighted by atomic mass is 9.63. The monoisotopic (exact) mass is 445 g/mol. The Morgan fingerprint density at radius 2 is 2.10 bits per heavy atom. The standard InChI is InChI=1S/C25H35NO4S/c26-17-18-16-21(27)20(19(18)8-3-1-2-4-12-24(29)30)9-5-10-22(28)25(13-7-14-25)23-11-6-15-31-23/h5-6,9,11,15,18-22,27-28H,1-4,7-8,10,12-14,16H2,(H,29,30)/t18-,19-,20+,21+,22?/m0/s1. The van der Waals surface area contributed by atoms with Gasteiger partial charge in [0.1, 0.15) is 0 Å². The van der Waals surface area contributed by atoms with Crippen molar-refractivity contribution in [3.05, 3.63) is 34.5 Å². The van der Waals surface area contributed by atoms with Crippen LogP contribution in [-0.4, -0.2) is 33.5 Å². The summed E-state index contributed by atoms with van der Waals surface area (Å²) in [5.41, 5.74) is -0.114. The lowest BCUT2D eigenvalue weighted by molar-refractivity contribution is -0.137. The molecule has 5 nitrogen and oxygen atoms in total. The van der Waals surface area contributed by atoms with Crippen LogP contribution in [0.15, 0.2) is 29.7 Å². The first-order valence-corrected chi connectivity index (χ1v) is 12.5. The van der Waals surface area contributed by atoms with Gasteiger partial charge in [0.05, 0.1) is 24.2 Å². The molecule has 31 heavy (non-hydrogen) atoms. The van der Waals surface area contributed by atoms with E-state index in [0.717, 1.165) is 44.9 Å². The third kappa shape index (κ3) is 5.77. The molecule has 0 aliphatic heterocycles. The van der Waals surface area contributed by atoms with Crippen LogP contribution in [0, 0.1) is 29.1 Å². The van der Waals surface area contributed by atoms with Gasteiger partial charge in [0, 0.05) is 22.6 Å². The van der Waals surface area contributed by atoms with E-state index in [-0.39, 0.29) is 29.6 Å². The van der Waals surface area contributed by atoms with E-state index in [0.29, 0.717) is 19.3 Å². The van der Waals surface area contributed by atoms with Crippen molar-refractivity contribution in [2.45, 2.75) is 88.3 Å². The summed E-state index contributed by atoms with van der Waals surface area (Å²) in [7, 11) is 0. The Bertz CT molecular complexity index is 765. The Morgan fingerprint density at radius 3 is 2.71 bits per heavy atom. The van der Waals surface area contributed by atoms with Crippen LogP contribution in [0.25, 0.3) is 0 Å². The Labute approximate surface area is 189 Å². The second-order valence-corrected chi connectivity index (χ2v) is 10.2. The van der Waals surface area contributed by atoms with E-state index in [9.17, 15) is 20.3 Å². The number of carboxylic acids is 1. The number of unbranched alkanes of at least 4 members (excludes halogenated alkanes) is 3. The van der Waals surface area contributed by atoms with Crippen LogP contribution in [0.5, 0.6) is 0 Å². The highest BCUT2D eigenvalue weighted by Gasteiger charge is 2.45. The minimum Gasteiger partial charge on any atom is -0.481 e. The zero-order valence-electron chi connectivity index (χ0n) is 18.2. The van der Waals surface area contributed by atoms with Gasteiger partial charge in [0.25, 0.3) is 0 Å². The van der Waals surface area contributed by atoms with Crippen molar-refractivity contribution >= 4 is 17.3 Å². The summed E-state index contributed by atoms with van der Waals surface area (Å²) in [4.78, 5) is 11.9. The summed E-state index contributed by atoms with van der Waals surface area (Å²) >= 11 is 1.72. The van der Waals surface area contributed by atoms with Gasteiger partial charge in [-0.15, -0.1) is 11.3 Å². The van der Waals surface area contributed by atoms with E-state index in [2.05, 4.69) is 17.5 Å². The molecule has 170 valence electrons. The first-order chi connectivity index (χ1) is 15.0. The topological polar surface area (TPSA) is 102 Å². The second kappa shape index (κ2) is 11.3. The number of rotatable bonds is 12. The summed E-state index contributed by atoms with van der Waals surface area (Å²) in [5, 5.41) is 41.9. The lowest BCUT2D eigenvalue weighted by Crippen LogP contribution is -2.44. The molecule has 3 N–H and O–H groups in total. The van der Waals surface area contributed by atoms with Crippen molar-refractivity contribution < 1.29 is 20.1 Å². The maximum absolute atomic E-state index is 11.0. The van der Waals surface area contributed by atoms with Gasteiger partial charge in [-0.1, -0.05) is 43.9 Å². The molecule has 1 aromatic heterocycles. The fourth-order valence-electron chi connectivity index (χ4n) is 5.42. The fraction of sp³-hybridized carbons (Fsp3) is 0.680. The third-order valence-corrected chi connectivity index (χ3v) is 8.50. The van der Waals surface area contributed by atoms with Gasteiger partial charge < -0.3 is 15.3 Å². The largest absolute Gasteiger partial charge is 0.481 e. The molecule has 0 bridgehead atoms. The average Bonchev–Trinajstić information content (AvgIpc) is 3.33. The summed E-state index contributed by atoms with van der Waals surface area (Å²) in [6, 6.07) is 6.56. The van der Waals surface area contributed by atoms with Crippen LogP contribution in [0.4, 0.5) is 0 Å². The van der Waals surface area contributed by atoms with Crippen molar-refractivity contribution in [1.82, 2.24) is 0 Å². The highest BCUT2D eigenvalue weighted by Crippen LogP contribution is 2.49. The predicted octanol–water partition coefficient (Wildman–Crippen LogP) is 5.04. The molecular formula is C25H35NO4S. The van der Waals surface area contributed by atoms with Crippen molar-refractivity contribution in [1.29, 1.82) is 5.26 Å². The number of hydrogen-bond donors (Lipinski definition) is 3. The van der Waals surface area contributed by atoms with Crippen molar-refractivity contribution in [2.24, 2.45) is 17.8 Å². The smallest absolute Gasteiger partial charge is 0.303 e. The van der Waals surface area contributed by atoms with Crippen LogP contribution >= 0.6 is 11.3 Å². The van der Waals surface area contributed by atoms with Gasteiger partial charge in [-0.3, -0.25) is 4.79 Å². The molecule has 0 amide bonds. The summed E-state index contributed by atoms with van der Waals surface area (Å²) in [6.45, 7) is 0. The van der Waals surface area contributed by atoms with Crippen molar-refractivity contribution in [2.75, 3.05) is 0 Å². The number of thiophene rings is 1. The number of hydrogen-bond acceptors (Lipinski definition) is 5. The van der Waals surface area contributed by atoms with Crippen LogP contribution in [0.3, 0.4) is 0 Å². The Kier molecular flexibility index (Phi) is 8.71. The molecule has 3 rings (SSSR count). The van der Waals surface area contributed by atoms with Crippen LogP contribution in [-0.2, 0) is 10.2 Å². The zero-order chi connectivity index (χ0) is 22.3. The Balaban J connectivity index is 1.53. The zero-order valence-corrected chi connectivity index (χ0v) is 19.0. The average molecular weight is 446 g/mol. The van der Waals surface area contributed by atoms with Crippen LogP contribution < -0.4 is 0 Å². The molecule has 2 aliphatic carbocycles. The number of aliphatic carboxylic acids is 1. The van der Waals surface area contributed by atoms with E-state index in [1.165, 1.54) is 4.88 Å². The van der Waals surface area contributed by atoms with Gasteiger partial charge in [0.2, 0.25) is 0 Å². The summed E-state index contributed by atoms with van der Waals surface area (Å²) in [5.74, 6) is -0.811. The van der Waals surface area contributed by atoms with Gasteiger partial charge in [-0.2, -0.15) is 5.26 Å². The molecule has 2 fully saturated rings. The predicted molar refractivity (Wildman–Crippen MR) is 122 cm³/mol. The maximum atomic E-state index is 11.0.